The van der Waals surface area contributed by atoms with E-state index < -0.39 is 35.5 Å². The molecule has 0 bridgehead atoms. The Bertz CT molecular complexity index is 1010. The molecule has 32 heavy (non-hydrogen) atoms. The average Bonchev–Trinajstić information content (AvgIpc) is 3.11. The molecule has 1 amide bonds. The fourth-order valence-electron chi connectivity index (χ4n) is 4.22. The Morgan fingerprint density at radius 1 is 1.28 bits per heavy atom. The molecule has 3 atom stereocenters. The minimum absolute atomic E-state index is 0.0317. The number of hydrogen-bond donors (Lipinski definition) is 1. The van der Waals surface area contributed by atoms with Gasteiger partial charge in [0, 0.05) is 35.4 Å². The molecule has 172 valence electrons. The molecule has 2 aromatic rings. The first-order valence-corrected chi connectivity index (χ1v) is 11.3. The molecule has 6 nitrogen and oxygen atoms in total. The van der Waals surface area contributed by atoms with E-state index in [-0.39, 0.29) is 11.6 Å². The van der Waals surface area contributed by atoms with Gasteiger partial charge in [-0.3, -0.25) is 9.88 Å². The number of halogens is 3. The van der Waals surface area contributed by atoms with Crippen molar-refractivity contribution in [1.29, 1.82) is 0 Å². The second kappa shape index (κ2) is 9.03. The van der Waals surface area contributed by atoms with Gasteiger partial charge in [-0.2, -0.15) is 0 Å². The lowest BCUT2D eigenvalue weighted by molar-refractivity contribution is -0.0628. The van der Waals surface area contributed by atoms with E-state index in [1.807, 2.05) is 6.07 Å². The van der Waals surface area contributed by atoms with Crippen LogP contribution in [-0.2, 0) is 22.6 Å². The smallest absolute Gasteiger partial charge is 0.407 e. The molecule has 1 aromatic heterocycles. The second-order valence-electron chi connectivity index (χ2n) is 9.23. The van der Waals surface area contributed by atoms with E-state index in [1.165, 1.54) is 0 Å². The van der Waals surface area contributed by atoms with Gasteiger partial charge in [-0.05, 0) is 73.0 Å². The molecule has 0 saturated carbocycles. The highest BCUT2D eigenvalue weighted by atomic mass is 79.9. The molecule has 1 N–H and O–H groups in total. The summed E-state index contributed by atoms with van der Waals surface area (Å²) < 4.78 is 40.8. The summed E-state index contributed by atoms with van der Waals surface area (Å²) in [4.78, 5) is 19.2. The molecule has 4 rings (SSSR count). The molecule has 1 saturated heterocycles. The van der Waals surface area contributed by atoms with Crippen molar-refractivity contribution in [2.75, 3.05) is 6.61 Å². The van der Waals surface area contributed by atoms with Crippen molar-refractivity contribution in [3.05, 3.63) is 63.4 Å². The summed E-state index contributed by atoms with van der Waals surface area (Å²) in [6.45, 7) is 6.99. The zero-order valence-electron chi connectivity index (χ0n) is 18.2. The van der Waals surface area contributed by atoms with Crippen LogP contribution in [0, 0.1) is 11.6 Å². The number of nitrogens with one attached hydrogen (secondary N) is 1. The molecule has 0 aliphatic carbocycles. The topological polar surface area (TPSA) is 63.7 Å². The maximum atomic E-state index is 14.5. The number of hydrogen-bond acceptors (Lipinski definition) is 5. The number of rotatable bonds is 3. The van der Waals surface area contributed by atoms with Gasteiger partial charge in [0.2, 0.25) is 0 Å². The zero-order chi connectivity index (χ0) is 23.0. The average molecular weight is 510 g/mol. The number of fused-ring (bicyclic) bond motifs is 1. The van der Waals surface area contributed by atoms with Crippen LogP contribution in [0.3, 0.4) is 0 Å². The lowest BCUT2D eigenvalue weighted by Crippen LogP contribution is -2.52. The fraction of sp³-hybridized carbons (Fsp3) is 0.478. The quantitative estimate of drug-likeness (QED) is 0.639. The highest BCUT2D eigenvalue weighted by Gasteiger charge is 2.39. The Kier molecular flexibility index (Phi) is 6.51. The van der Waals surface area contributed by atoms with Gasteiger partial charge in [-0.15, -0.1) is 0 Å². The maximum Gasteiger partial charge on any atom is 0.407 e. The van der Waals surface area contributed by atoms with Crippen LogP contribution in [0.25, 0.3) is 0 Å². The van der Waals surface area contributed by atoms with Gasteiger partial charge in [-0.1, -0.05) is 0 Å². The second-order valence-corrected chi connectivity index (χ2v) is 10.1. The Morgan fingerprint density at radius 2 is 2.06 bits per heavy atom. The number of carbonyl (C=O) groups excluding carboxylic acids is 1. The molecular formula is C23H26BrF2N3O3. The molecule has 1 aromatic carbocycles. The van der Waals surface area contributed by atoms with Gasteiger partial charge in [0.05, 0.1) is 18.3 Å². The van der Waals surface area contributed by atoms with Gasteiger partial charge in [0.25, 0.3) is 0 Å². The number of alkyl carbamates (subject to hydrolysis) is 1. The summed E-state index contributed by atoms with van der Waals surface area (Å²) in [5, 5.41) is 2.83. The van der Waals surface area contributed by atoms with Crippen molar-refractivity contribution in [3.8, 4) is 0 Å². The zero-order valence-corrected chi connectivity index (χ0v) is 19.8. The van der Waals surface area contributed by atoms with E-state index in [2.05, 4.69) is 31.1 Å². The van der Waals surface area contributed by atoms with Crippen LogP contribution < -0.4 is 5.32 Å². The summed E-state index contributed by atoms with van der Waals surface area (Å²) in [5.74, 6) is -1.14. The first-order chi connectivity index (χ1) is 15.1. The Morgan fingerprint density at radius 3 is 2.81 bits per heavy atom. The van der Waals surface area contributed by atoms with Crippen LogP contribution in [0.15, 0.2) is 34.9 Å². The summed E-state index contributed by atoms with van der Waals surface area (Å²) in [7, 11) is 0. The van der Waals surface area contributed by atoms with Crippen LogP contribution in [0.1, 0.15) is 50.1 Å². The van der Waals surface area contributed by atoms with Crippen molar-refractivity contribution >= 4 is 22.0 Å². The van der Waals surface area contributed by atoms with E-state index in [1.54, 1.807) is 27.0 Å². The third-order valence-electron chi connectivity index (χ3n) is 5.60. The predicted octanol–water partition coefficient (Wildman–Crippen LogP) is 4.86. The molecule has 1 fully saturated rings. The van der Waals surface area contributed by atoms with Gasteiger partial charge in [-0.25, -0.2) is 13.6 Å². The molecule has 0 radical (unpaired) electrons. The van der Waals surface area contributed by atoms with Crippen LogP contribution in [0.5, 0.6) is 0 Å². The number of ether oxygens (including phenoxy) is 2. The van der Waals surface area contributed by atoms with Gasteiger partial charge in [0.1, 0.15) is 23.3 Å². The lowest BCUT2D eigenvalue weighted by atomic mass is 9.92. The molecule has 3 heterocycles. The number of aromatic nitrogens is 1. The van der Waals surface area contributed by atoms with Crippen LogP contribution in [-0.4, -0.2) is 40.3 Å². The molecule has 2 aliphatic heterocycles. The Labute approximate surface area is 194 Å². The van der Waals surface area contributed by atoms with E-state index in [0.29, 0.717) is 26.1 Å². The summed E-state index contributed by atoms with van der Waals surface area (Å²) in [6.07, 6.45) is 0.820. The molecular weight excluding hydrogens is 484 g/mol. The first kappa shape index (κ1) is 23.1. The van der Waals surface area contributed by atoms with Crippen molar-refractivity contribution in [3.63, 3.8) is 0 Å². The number of amides is 1. The number of carbonyl (C=O) groups is 1. The van der Waals surface area contributed by atoms with Gasteiger partial charge >= 0.3 is 6.09 Å². The van der Waals surface area contributed by atoms with E-state index in [9.17, 15) is 13.6 Å². The van der Waals surface area contributed by atoms with E-state index >= 15 is 0 Å². The lowest BCUT2D eigenvalue weighted by Gasteiger charge is -2.40. The van der Waals surface area contributed by atoms with Gasteiger partial charge in [0.15, 0.2) is 0 Å². The number of nitrogens with zero attached hydrogens (tertiary/aromatic N) is 2. The standard InChI is InChI=1S/C23H26BrF2N3O3/c1-23(2,3)32-22(30)28-19-8-16(29-10-13-6-14(24)9-27-20(13)11-29)12-31-21(19)17-7-15(25)4-5-18(17)26/h4-7,9,16,19,21H,8,10-12H2,1-3H3,(H,28,30)/t16-,19+,21-/m1/s1. The highest BCUT2D eigenvalue weighted by Crippen LogP contribution is 2.35. The molecule has 2 aliphatic rings. The molecule has 9 heteroatoms. The maximum absolute atomic E-state index is 14.5. The van der Waals surface area contributed by atoms with Gasteiger partial charge < -0.3 is 14.8 Å². The molecule has 0 unspecified atom stereocenters. The van der Waals surface area contributed by atoms with E-state index in [0.717, 1.165) is 33.9 Å². The van der Waals surface area contributed by atoms with E-state index in [4.69, 9.17) is 9.47 Å². The van der Waals surface area contributed by atoms with Crippen molar-refractivity contribution in [2.24, 2.45) is 0 Å². The minimum atomic E-state index is -0.827. The van der Waals surface area contributed by atoms with Crippen molar-refractivity contribution < 1.29 is 23.0 Å². The Balaban J connectivity index is 1.54. The summed E-state index contributed by atoms with van der Waals surface area (Å²) >= 11 is 3.45. The largest absolute Gasteiger partial charge is 0.444 e. The highest BCUT2D eigenvalue weighted by molar-refractivity contribution is 9.10. The Hall–Kier alpha value is -2.10. The van der Waals surface area contributed by atoms with Crippen LogP contribution in [0.2, 0.25) is 0 Å². The minimum Gasteiger partial charge on any atom is -0.444 e. The van der Waals surface area contributed by atoms with Crippen molar-refractivity contribution in [2.45, 2.75) is 64.1 Å². The normalized spacial score (nSPS) is 23.6. The van der Waals surface area contributed by atoms with Crippen LogP contribution >= 0.6 is 15.9 Å². The van der Waals surface area contributed by atoms with Crippen molar-refractivity contribution in [1.82, 2.24) is 15.2 Å². The fourth-order valence-corrected chi connectivity index (χ4v) is 4.60. The number of pyridine rings is 1. The molecule has 0 spiro atoms. The predicted molar refractivity (Wildman–Crippen MR) is 118 cm³/mol. The third-order valence-corrected chi connectivity index (χ3v) is 6.03. The monoisotopic (exact) mass is 509 g/mol. The SMILES string of the molecule is CC(C)(C)OC(=O)N[C@H]1C[C@@H](N2Cc3cc(Br)cnc3C2)CO[C@@H]1c1cc(F)ccc1F. The summed E-state index contributed by atoms with van der Waals surface area (Å²) in [5.41, 5.74) is 1.53. The summed E-state index contributed by atoms with van der Waals surface area (Å²) in [6, 6.07) is 4.68. The third kappa shape index (κ3) is 5.27. The number of benzene rings is 1. The first-order valence-electron chi connectivity index (χ1n) is 10.5. The van der Waals surface area contributed by atoms with Crippen LogP contribution in [0.4, 0.5) is 13.6 Å².